The first-order chi connectivity index (χ1) is 9.75. The van der Waals surface area contributed by atoms with Crippen molar-refractivity contribution in [2.24, 2.45) is 0 Å². The quantitative estimate of drug-likeness (QED) is 0.449. The van der Waals surface area contributed by atoms with E-state index in [9.17, 15) is 0 Å². The number of anilines is 1. The molecule has 0 fully saturated rings. The molecule has 2 nitrogen and oxygen atoms in total. The van der Waals surface area contributed by atoms with Crippen molar-refractivity contribution >= 4 is 5.88 Å². The van der Waals surface area contributed by atoms with Crippen LogP contribution in [-0.4, -0.2) is 14.1 Å². The van der Waals surface area contributed by atoms with Crippen LogP contribution in [0.25, 0.3) is 0 Å². The van der Waals surface area contributed by atoms with E-state index in [0.29, 0.717) is 0 Å². The van der Waals surface area contributed by atoms with Gasteiger partial charge in [-0.2, -0.15) is 0 Å². The van der Waals surface area contributed by atoms with Gasteiger partial charge in [-0.05, 0) is 18.9 Å². The van der Waals surface area contributed by atoms with Crippen LogP contribution in [0.5, 0.6) is 0 Å². The van der Waals surface area contributed by atoms with Gasteiger partial charge in [-0.1, -0.05) is 64.7 Å². The number of nitrogens with zero attached hydrogens (tertiary/aromatic N) is 1. The molecular formula is C18H33NO. The number of hydrogen-bond donors (Lipinski definition) is 0. The Morgan fingerprint density at radius 3 is 1.95 bits per heavy atom. The lowest BCUT2D eigenvalue weighted by molar-refractivity contribution is 0.550. The summed E-state index contributed by atoms with van der Waals surface area (Å²) >= 11 is 0. The van der Waals surface area contributed by atoms with Crippen molar-refractivity contribution < 1.29 is 4.42 Å². The van der Waals surface area contributed by atoms with E-state index in [1.165, 1.54) is 69.8 Å². The molecule has 0 aliphatic rings. The minimum absolute atomic E-state index is 1.03. The largest absolute Gasteiger partial charge is 0.449 e. The highest BCUT2D eigenvalue weighted by Gasteiger charge is 2.07. The van der Waals surface area contributed by atoms with Gasteiger partial charge >= 0.3 is 0 Å². The zero-order valence-electron chi connectivity index (χ0n) is 13.8. The van der Waals surface area contributed by atoms with E-state index < -0.39 is 0 Å². The van der Waals surface area contributed by atoms with Gasteiger partial charge in [0.25, 0.3) is 0 Å². The third kappa shape index (κ3) is 7.02. The van der Waals surface area contributed by atoms with Crippen LogP contribution in [0, 0.1) is 0 Å². The molecule has 1 heterocycles. The van der Waals surface area contributed by atoms with Crippen LogP contribution in [0.15, 0.2) is 16.7 Å². The number of aryl methyl sites for hydroxylation is 1. The van der Waals surface area contributed by atoms with Crippen LogP contribution in [0.1, 0.15) is 76.7 Å². The second-order valence-electron chi connectivity index (χ2n) is 6.08. The van der Waals surface area contributed by atoms with Gasteiger partial charge in [-0.3, -0.25) is 0 Å². The summed E-state index contributed by atoms with van der Waals surface area (Å²) in [5, 5.41) is 0. The Morgan fingerprint density at radius 2 is 1.40 bits per heavy atom. The average Bonchev–Trinajstić information content (AvgIpc) is 2.89. The molecule has 0 amide bonds. The normalized spacial score (nSPS) is 10.9. The molecule has 0 aliphatic heterocycles. The van der Waals surface area contributed by atoms with Crippen molar-refractivity contribution in [1.29, 1.82) is 0 Å². The van der Waals surface area contributed by atoms with Crippen molar-refractivity contribution in [3.63, 3.8) is 0 Å². The maximum absolute atomic E-state index is 5.49. The monoisotopic (exact) mass is 279 g/mol. The Labute approximate surface area is 125 Å². The maximum Gasteiger partial charge on any atom is 0.197 e. The van der Waals surface area contributed by atoms with E-state index in [2.05, 4.69) is 17.9 Å². The lowest BCUT2D eigenvalue weighted by Crippen LogP contribution is -2.09. The van der Waals surface area contributed by atoms with Crippen LogP contribution in [-0.2, 0) is 6.42 Å². The Bertz CT molecular complexity index is 330. The second-order valence-corrected chi connectivity index (χ2v) is 6.08. The SMILES string of the molecule is CCCCCCCCCCCCc1ccoc1N(C)C. The fourth-order valence-corrected chi connectivity index (χ4v) is 2.71. The topological polar surface area (TPSA) is 16.4 Å². The van der Waals surface area contributed by atoms with Crippen molar-refractivity contribution in [1.82, 2.24) is 0 Å². The Morgan fingerprint density at radius 1 is 0.850 bits per heavy atom. The van der Waals surface area contributed by atoms with Gasteiger partial charge in [0.1, 0.15) is 0 Å². The first-order valence-corrected chi connectivity index (χ1v) is 8.49. The number of furan rings is 1. The summed E-state index contributed by atoms with van der Waals surface area (Å²) in [4.78, 5) is 2.06. The molecule has 20 heavy (non-hydrogen) atoms. The minimum atomic E-state index is 1.03. The van der Waals surface area contributed by atoms with Crippen molar-refractivity contribution in [2.45, 2.75) is 77.6 Å². The van der Waals surface area contributed by atoms with Gasteiger partial charge in [-0.15, -0.1) is 0 Å². The molecule has 0 atom stereocenters. The minimum Gasteiger partial charge on any atom is -0.449 e. The Balaban J connectivity index is 1.96. The first-order valence-electron chi connectivity index (χ1n) is 8.49. The molecule has 0 saturated heterocycles. The molecular weight excluding hydrogens is 246 g/mol. The van der Waals surface area contributed by atoms with E-state index in [4.69, 9.17) is 4.42 Å². The van der Waals surface area contributed by atoms with Crippen LogP contribution in [0.4, 0.5) is 5.88 Å². The van der Waals surface area contributed by atoms with Crippen LogP contribution in [0.3, 0.4) is 0 Å². The fraction of sp³-hybridized carbons (Fsp3) is 0.778. The molecule has 1 rings (SSSR count). The van der Waals surface area contributed by atoms with Gasteiger partial charge in [0.2, 0.25) is 0 Å². The zero-order valence-corrected chi connectivity index (χ0v) is 13.8. The lowest BCUT2D eigenvalue weighted by Gasteiger charge is -2.10. The van der Waals surface area contributed by atoms with E-state index in [1.54, 1.807) is 6.26 Å². The standard InChI is InChI=1S/C18H33NO/c1-4-5-6-7-8-9-10-11-12-13-14-17-15-16-20-18(17)19(2)3/h15-16H,4-14H2,1-3H3. The van der Waals surface area contributed by atoms with E-state index in [1.807, 2.05) is 14.1 Å². The van der Waals surface area contributed by atoms with Crippen LogP contribution in [0.2, 0.25) is 0 Å². The molecule has 0 aromatic carbocycles. The number of hydrogen-bond acceptors (Lipinski definition) is 2. The molecule has 1 aromatic heterocycles. The summed E-state index contributed by atoms with van der Waals surface area (Å²) in [5.74, 6) is 1.03. The molecule has 0 spiro atoms. The van der Waals surface area contributed by atoms with Crippen LogP contribution < -0.4 is 4.90 Å². The molecule has 116 valence electrons. The van der Waals surface area contributed by atoms with E-state index in [-0.39, 0.29) is 0 Å². The smallest absolute Gasteiger partial charge is 0.197 e. The van der Waals surface area contributed by atoms with Gasteiger partial charge in [0.05, 0.1) is 6.26 Å². The summed E-state index contributed by atoms with van der Waals surface area (Å²) < 4.78 is 5.49. The lowest BCUT2D eigenvalue weighted by atomic mass is 10.0. The third-order valence-corrected chi connectivity index (χ3v) is 3.93. The molecule has 0 bridgehead atoms. The van der Waals surface area contributed by atoms with Crippen molar-refractivity contribution in [3.8, 4) is 0 Å². The van der Waals surface area contributed by atoms with Crippen molar-refractivity contribution in [3.05, 3.63) is 17.9 Å². The summed E-state index contributed by atoms with van der Waals surface area (Å²) in [6.07, 6.45) is 16.9. The second kappa shape index (κ2) is 10.8. The Hall–Kier alpha value is -0.920. The number of unbranched alkanes of at least 4 members (excludes halogenated alkanes) is 9. The Kier molecular flexibility index (Phi) is 9.27. The predicted octanol–water partition coefficient (Wildman–Crippen LogP) is 5.81. The highest BCUT2D eigenvalue weighted by molar-refractivity contribution is 5.42. The highest BCUT2D eigenvalue weighted by Crippen LogP contribution is 2.22. The molecule has 0 unspecified atom stereocenters. The summed E-state index contributed by atoms with van der Waals surface area (Å²) in [5.41, 5.74) is 1.36. The molecule has 1 aromatic rings. The van der Waals surface area contributed by atoms with Crippen LogP contribution >= 0.6 is 0 Å². The third-order valence-electron chi connectivity index (χ3n) is 3.93. The average molecular weight is 279 g/mol. The molecule has 0 aliphatic carbocycles. The van der Waals surface area contributed by atoms with Crippen molar-refractivity contribution in [2.75, 3.05) is 19.0 Å². The zero-order chi connectivity index (χ0) is 14.6. The van der Waals surface area contributed by atoms with E-state index >= 15 is 0 Å². The van der Waals surface area contributed by atoms with E-state index in [0.717, 1.165) is 12.3 Å². The predicted molar refractivity (Wildman–Crippen MR) is 88.6 cm³/mol. The number of rotatable bonds is 12. The summed E-state index contributed by atoms with van der Waals surface area (Å²) in [6, 6.07) is 2.11. The fourth-order valence-electron chi connectivity index (χ4n) is 2.71. The van der Waals surface area contributed by atoms with Gasteiger partial charge in [0, 0.05) is 19.7 Å². The highest BCUT2D eigenvalue weighted by atomic mass is 16.3. The maximum atomic E-state index is 5.49. The summed E-state index contributed by atoms with van der Waals surface area (Å²) in [7, 11) is 4.09. The van der Waals surface area contributed by atoms with Gasteiger partial charge < -0.3 is 9.32 Å². The molecule has 0 radical (unpaired) electrons. The molecule has 0 saturated carbocycles. The summed E-state index contributed by atoms with van der Waals surface area (Å²) in [6.45, 7) is 2.28. The van der Waals surface area contributed by atoms with Gasteiger partial charge in [0.15, 0.2) is 5.88 Å². The molecule has 0 N–H and O–H groups in total. The first kappa shape index (κ1) is 17.1. The van der Waals surface area contributed by atoms with Gasteiger partial charge in [-0.25, -0.2) is 0 Å². The molecule has 2 heteroatoms.